The van der Waals surface area contributed by atoms with E-state index in [-0.39, 0.29) is 30.4 Å². The molecule has 3 rings (SSSR count). The lowest BCUT2D eigenvalue weighted by Crippen LogP contribution is -2.46. The summed E-state index contributed by atoms with van der Waals surface area (Å²) in [5.74, 6) is -1.54. The minimum atomic E-state index is -4.89. The topological polar surface area (TPSA) is 24.5 Å². The van der Waals surface area contributed by atoms with Gasteiger partial charge in [0.05, 0.1) is 11.6 Å². The fourth-order valence-electron chi connectivity index (χ4n) is 3.41. The van der Waals surface area contributed by atoms with E-state index in [2.05, 4.69) is 10.1 Å². The lowest BCUT2D eigenvalue weighted by atomic mass is 9.91. The van der Waals surface area contributed by atoms with Gasteiger partial charge in [-0.15, -0.1) is 38.0 Å². The minimum absolute atomic E-state index is 0. The molecule has 0 unspecified atom stereocenters. The molecule has 0 aromatic heterocycles. The van der Waals surface area contributed by atoms with E-state index in [1.807, 2.05) is 0 Å². The van der Waals surface area contributed by atoms with Crippen LogP contribution in [0, 0.1) is 5.82 Å². The van der Waals surface area contributed by atoms with Gasteiger partial charge >= 0.3 is 12.5 Å². The van der Waals surface area contributed by atoms with Gasteiger partial charge in [0.2, 0.25) is 0 Å². The maximum Gasteiger partial charge on any atom is 0.573 e. The standard InChI is InChI=1S/C19H17F7N2O.2ClH/c20-15-3-1-2-14(18(21,22)23)16(15)17(28-10-8-27-9-11-28)12-4-6-13(7-5-12)29-19(24,25)26;;/h1-7,17,27H,8-11H2;2*1H/t17-;;/m0../s1. The largest absolute Gasteiger partial charge is 0.573 e. The van der Waals surface area contributed by atoms with Crippen molar-refractivity contribution in [2.75, 3.05) is 26.2 Å². The molecule has 0 spiro atoms. The first-order chi connectivity index (χ1) is 13.6. The highest BCUT2D eigenvalue weighted by atomic mass is 35.5. The van der Waals surface area contributed by atoms with Crippen molar-refractivity contribution in [2.24, 2.45) is 0 Å². The molecule has 0 radical (unpaired) electrons. The molecular weight excluding hydrogens is 476 g/mol. The van der Waals surface area contributed by atoms with Gasteiger partial charge in [-0.05, 0) is 29.8 Å². The van der Waals surface area contributed by atoms with Gasteiger partial charge in [-0.2, -0.15) is 13.2 Å². The second-order valence-corrected chi connectivity index (χ2v) is 6.50. The molecule has 1 saturated heterocycles. The third-order valence-electron chi connectivity index (χ3n) is 4.58. The van der Waals surface area contributed by atoms with Crippen LogP contribution in [0.3, 0.4) is 0 Å². The average Bonchev–Trinajstić information content (AvgIpc) is 2.63. The molecule has 2 aromatic carbocycles. The average molecular weight is 495 g/mol. The van der Waals surface area contributed by atoms with Crippen molar-refractivity contribution in [2.45, 2.75) is 18.6 Å². The van der Waals surface area contributed by atoms with Crippen LogP contribution in [0.2, 0.25) is 0 Å². The van der Waals surface area contributed by atoms with E-state index in [9.17, 15) is 30.7 Å². The number of halogens is 9. The van der Waals surface area contributed by atoms with Crippen molar-refractivity contribution >= 4 is 24.8 Å². The first-order valence-electron chi connectivity index (χ1n) is 8.72. The third kappa shape index (κ3) is 6.86. The van der Waals surface area contributed by atoms with E-state index < -0.39 is 41.3 Å². The third-order valence-corrected chi connectivity index (χ3v) is 4.58. The van der Waals surface area contributed by atoms with Crippen molar-refractivity contribution in [3.05, 3.63) is 65.0 Å². The summed E-state index contributed by atoms with van der Waals surface area (Å²) in [4.78, 5) is 1.67. The van der Waals surface area contributed by atoms with E-state index in [4.69, 9.17) is 0 Å². The number of rotatable bonds is 4. The van der Waals surface area contributed by atoms with E-state index >= 15 is 0 Å². The van der Waals surface area contributed by atoms with Gasteiger partial charge in [-0.25, -0.2) is 4.39 Å². The van der Waals surface area contributed by atoms with E-state index in [0.717, 1.165) is 30.3 Å². The monoisotopic (exact) mass is 494 g/mol. The normalized spacial score (nSPS) is 16.1. The van der Waals surface area contributed by atoms with Crippen molar-refractivity contribution < 1.29 is 35.5 Å². The first kappa shape index (κ1) is 27.3. The molecule has 3 nitrogen and oxygen atoms in total. The molecule has 1 atom stereocenters. The Kier molecular flexibility index (Phi) is 9.43. The van der Waals surface area contributed by atoms with Crippen LogP contribution in [0.4, 0.5) is 30.7 Å². The molecular formula is C19H19Cl2F7N2O. The Morgan fingerprint density at radius 1 is 0.871 bits per heavy atom. The summed E-state index contributed by atoms with van der Waals surface area (Å²) in [6.07, 6.45) is -9.68. The minimum Gasteiger partial charge on any atom is -0.406 e. The van der Waals surface area contributed by atoms with Gasteiger partial charge < -0.3 is 10.1 Å². The summed E-state index contributed by atoms with van der Waals surface area (Å²) >= 11 is 0. The fraction of sp³-hybridized carbons (Fsp3) is 0.368. The quantitative estimate of drug-likeness (QED) is 0.561. The summed E-state index contributed by atoms with van der Waals surface area (Å²) in [6.45, 7) is 1.66. The lowest BCUT2D eigenvalue weighted by molar-refractivity contribution is -0.274. The molecule has 1 fully saturated rings. The Hall–Kier alpha value is -1.75. The van der Waals surface area contributed by atoms with Gasteiger partial charge in [0.25, 0.3) is 0 Å². The predicted molar refractivity (Wildman–Crippen MR) is 105 cm³/mol. The second kappa shape index (κ2) is 10.7. The Balaban J connectivity index is 0.00000240. The molecule has 1 aliphatic heterocycles. The number of nitrogens with zero attached hydrogens (tertiary/aromatic N) is 1. The SMILES string of the molecule is Cl.Cl.Fc1cccc(C(F)(F)F)c1[C@H](c1ccc(OC(F)(F)F)cc1)N1CCNCC1. The maximum atomic E-state index is 14.7. The van der Waals surface area contributed by atoms with Gasteiger partial charge in [0, 0.05) is 31.7 Å². The first-order valence-corrected chi connectivity index (χ1v) is 8.72. The highest BCUT2D eigenvalue weighted by molar-refractivity contribution is 5.85. The highest BCUT2D eigenvalue weighted by Crippen LogP contribution is 2.41. The van der Waals surface area contributed by atoms with Crippen LogP contribution in [-0.4, -0.2) is 37.4 Å². The molecule has 0 bridgehead atoms. The van der Waals surface area contributed by atoms with Crippen LogP contribution in [0.25, 0.3) is 0 Å². The Morgan fingerprint density at radius 2 is 1.45 bits per heavy atom. The van der Waals surface area contributed by atoms with Crippen molar-refractivity contribution in [1.82, 2.24) is 10.2 Å². The smallest absolute Gasteiger partial charge is 0.406 e. The van der Waals surface area contributed by atoms with Crippen LogP contribution in [0.1, 0.15) is 22.7 Å². The highest BCUT2D eigenvalue weighted by Gasteiger charge is 2.39. The zero-order valence-corrected chi connectivity index (χ0v) is 17.4. The Morgan fingerprint density at radius 3 is 1.97 bits per heavy atom. The molecule has 2 aromatic rings. The molecule has 0 amide bonds. The number of ether oxygens (including phenoxy) is 1. The van der Waals surface area contributed by atoms with Crippen molar-refractivity contribution in [3.8, 4) is 5.75 Å². The number of hydrogen-bond donors (Lipinski definition) is 1. The van der Waals surface area contributed by atoms with E-state index in [1.54, 1.807) is 4.90 Å². The van der Waals surface area contributed by atoms with Crippen LogP contribution >= 0.6 is 24.8 Å². The van der Waals surface area contributed by atoms with E-state index in [1.165, 1.54) is 12.1 Å². The molecule has 1 N–H and O–H groups in total. The Labute approximate surface area is 186 Å². The number of hydrogen-bond acceptors (Lipinski definition) is 3. The summed E-state index contributed by atoms with van der Waals surface area (Å²) < 4.78 is 96.3. The Bertz CT molecular complexity index is 839. The van der Waals surface area contributed by atoms with Gasteiger partial charge in [-0.3, -0.25) is 4.90 Å². The number of piperazine rings is 1. The van der Waals surface area contributed by atoms with Gasteiger partial charge in [0.1, 0.15) is 11.6 Å². The van der Waals surface area contributed by atoms with Crippen LogP contribution in [-0.2, 0) is 6.18 Å². The van der Waals surface area contributed by atoms with Crippen molar-refractivity contribution in [3.63, 3.8) is 0 Å². The van der Waals surface area contributed by atoms with Gasteiger partial charge in [0.15, 0.2) is 0 Å². The second-order valence-electron chi connectivity index (χ2n) is 6.50. The molecule has 12 heteroatoms. The molecule has 174 valence electrons. The fourth-order valence-corrected chi connectivity index (χ4v) is 3.41. The van der Waals surface area contributed by atoms with Crippen LogP contribution in [0.15, 0.2) is 42.5 Å². The molecule has 1 aliphatic rings. The summed E-state index contributed by atoms with van der Waals surface area (Å²) in [6, 6.07) is 6.07. The molecule has 0 aliphatic carbocycles. The lowest BCUT2D eigenvalue weighted by Gasteiger charge is -2.36. The maximum absolute atomic E-state index is 14.7. The predicted octanol–water partition coefficient (Wildman–Crippen LogP) is 5.58. The van der Waals surface area contributed by atoms with Crippen molar-refractivity contribution in [1.29, 1.82) is 0 Å². The zero-order chi connectivity index (χ0) is 21.2. The van der Waals surface area contributed by atoms with Crippen LogP contribution < -0.4 is 10.1 Å². The summed E-state index contributed by atoms with van der Waals surface area (Å²) in [5.41, 5.74) is -1.43. The number of benzene rings is 2. The van der Waals surface area contributed by atoms with Gasteiger partial charge in [-0.1, -0.05) is 18.2 Å². The molecule has 0 saturated carbocycles. The molecule has 31 heavy (non-hydrogen) atoms. The number of nitrogens with one attached hydrogen (secondary N) is 1. The molecule has 1 heterocycles. The number of alkyl halides is 6. The summed E-state index contributed by atoms with van der Waals surface area (Å²) in [5, 5.41) is 3.06. The summed E-state index contributed by atoms with van der Waals surface area (Å²) in [7, 11) is 0. The zero-order valence-electron chi connectivity index (χ0n) is 15.8. The van der Waals surface area contributed by atoms with Crippen LogP contribution in [0.5, 0.6) is 5.75 Å². The van der Waals surface area contributed by atoms with E-state index in [0.29, 0.717) is 26.2 Å².